The van der Waals surface area contributed by atoms with Crippen molar-refractivity contribution in [3.05, 3.63) is 35.9 Å². The molecule has 0 aliphatic carbocycles. The van der Waals surface area contributed by atoms with Crippen LogP contribution in [0.1, 0.15) is 32.8 Å². The van der Waals surface area contributed by atoms with Crippen molar-refractivity contribution in [3.8, 4) is 0 Å². The minimum Gasteiger partial charge on any atom is -0.383 e. The lowest BCUT2D eigenvalue weighted by Crippen LogP contribution is -2.48. The lowest BCUT2D eigenvalue weighted by Gasteiger charge is -2.38. The summed E-state index contributed by atoms with van der Waals surface area (Å²) in [5.41, 5.74) is 1.50. The zero-order chi connectivity index (χ0) is 15.7. The first kappa shape index (κ1) is 18.1. The van der Waals surface area contributed by atoms with E-state index >= 15 is 0 Å². The Morgan fingerprint density at radius 2 is 1.95 bits per heavy atom. The van der Waals surface area contributed by atoms with Crippen LogP contribution in [0.2, 0.25) is 0 Å². The fraction of sp³-hybridized carbons (Fsp3) is 0.667. The molecule has 1 rings (SSSR count). The lowest BCUT2D eigenvalue weighted by atomic mass is 9.81. The van der Waals surface area contributed by atoms with E-state index in [1.165, 1.54) is 5.56 Å². The van der Waals surface area contributed by atoms with Gasteiger partial charge in [-0.3, -0.25) is 4.90 Å². The number of hydrogen-bond acceptors (Lipinski definition) is 3. The molecule has 0 saturated heterocycles. The van der Waals surface area contributed by atoms with Crippen molar-refractivity contribution in [1.82, 2.24) is 10.2 Å². The number of likely N-dealkylation sites (N-methyl/N-ethyl adjacent to an activating group) is 1. The average Bonchev–Trinajstić information content (AvgIpc) is 2.51. The summed E-state index contributed by atoms with van der Waals surface area (Å²) in [5.74, 6) is 0. The molecule has 0 fully saturated rings. The van der Waals surface area contributed by atoms with E-state index in [1.54, 1.807) is 7.11 Å². The minimum atomic E-state index is 0.104. The Morgan fingerprint density at radius 3 is 2.48 bits per heavy atom. The summed E-state index contributed by atoms with van der Waals surface area (Å²) >= 11 is 0. The molecule has 120 valence electrons. The van der Waals surface area contributed by atoms with Crippen molar-refractivity contribution < 1.29 is 4.74 Å². The van der Waals surface area contributed by atoms with Crippen LogP contribution < -0.4 is 5.32 Å². The quantitative estimate of drug-likeness (QED) is 0.717. The van der Waals surface area contributed by atoms with E-state index in [-0.39, 0.29) is 5.41 Å². The van der Waals surface area contributed by atoms with Gasteiger partial charge in [-0.2, -0.15) is 0 Å². The van der Waals surface area contributed by atoms with Crippen LogP contribution in [-0.2, 0) is 10.2 Å². The highest BCUT2D eigenvalue weighted by molar-refractivity contribution is 5.25. The highest BCUT2D eigenvalue weighted by atomic mass is 16.5. The van der Waals surface area contributed by atoms with Gasteiger partial charge in [0.2, 0.25) is 0 Å². The van der Waals surface area contributed by atoms with Crippen LogP contribution >= 0.6 is 0 Å². The fourth-order valence-corrected chi connectivity index (χ4v) is 2.85. The number of ether oxygens (including phenoxy) is 1. The van der Waals surface area contributed by atoms with Crippen molar-refractivity contribution in [2.24, 2.45) is 0 Å². The van der Waals surface area contributed by atoms with Crippen molar-refractivity contribution in [3.63, 3.8) is 0 Å². The molecule has 0 aliphatic rings. The van der Waals surface area contributed by atoms with Crippen LogP contribution in [0.15, 0.2) is 30.3 Å². The smallest absolute Gasteiger partial charge is 0.0589 e. The van der Waals surface area contributed by atoms with Gasteiger partial charge < -0.3 is 10.1 Å². The Kier molecular flexibility index (Phi) is 7.94. The number of nitrogens with one attached hydrogen (secondary N) is 1. The van der Waals surface area contributed by atoms with E-state index < -0.39 is 0 Å². The summed E-state index contributed by atoms with van der Waals surface area (Å²) in [5, 5.41) is 3.37. The van der Waals surface area contributed by atoms with Crippen molar-refractivity contribution >= 4 is 0 Å². The highest BCUT2D eigenvalue weighted by Crippen LogP contribution is 2.25. The van der Waals surface area contributed by atoms with E-state index in [0.717, 1.165) is 32.7 Å². The molecule has 0 radical (unpaired) electrons. The van der Waals surface area contributed by atoms with Crippen molar-refractivity contribution in [1.29, 1.82) is 0 Å². The predicted molar refractivity (Wildman–Crippen MR) is 90.9 cm³/mol. The van der Waals surface area contributed by atoms with Gasteiger partial charge in [0.05, 0.1) is 6.61 Å². The normalized spacial score (nSPS) is 15.9. The van der Waals surface area contributed by atoms with Gasteiger partial charge in [0.15, 0.2) is 0 Å². The van der Waals surface area contributed by atoms with Crippen LogP contribution in [0, 0.1) is 0 Å². The number of hydrogen-bond donors (Lipinski definition) is 1. The fourth-order valence-electron chi connectivity index (χ4n) is 2.85. The molecule has 3 heteroatoms. The van der Waals surface area contributed by atoms with Crippen molar-refractivity contribution in [2.75, 3.05) is 40.4 Å². The maximum atomic E-state index is 5.29. The third-order valence-electron chi connectivity index (χ3n) is 4.39. The molecular formula is C18H32N2O. The lowest BCUT2D eigenvalue weighted by molar-refractivity contribution is 0.104. The van der Waals surface area contributed by atoms with Crippen LogP contribution in [-0.4, -0.2) is 51.3 Å². The van der Waals surface area contributed by atoms with E-state index in [0.29, 0.717) is 6.04 Å². The third-order valence-corrected chi connectivity index (χ3v) is 4.39. The molecule has 1 aromatic carbocycles. The van der Waals surface area contributed by atoms with E-state index in [2.05, 4.69) is 61.3 Å². The largest absolute Gasteiger partial charge is 0.383 e. The molecule has 0 amide bonds. The Hall–Kier alpha value is -0.900. The van der Waals surface area contributed by atoms with Crippen LogP contribution in [0.3, 0.4) is 0 Å². The van der Waals surface area contributed by atoms with E-state index in [9.17, 15) is 0 Å². The molecule has 1 N–H and O–H groups in total. The molecule has 2 unspecified atom stereocenters. The zero-order valence-electron chi connectivity index (χ0n) is 14.4. The molecule has 0 saturated carbocycles. The van der Waals surface area contributed by atoms with Crippen LogP contribution in [0.4, 0.5) is 0 Å². The van der Waals surface area contributed by atoms with E-state index in [1.807, 2.05) is 7.05 Å². The van der Waals surface area contributed by atoms with E-state index in [4.69, 9.17) is 4.74 Å². The maximum Gasteiger partial charge on any atom is 0.0589 e. The van der Waals surface area contributed by atoms with Gasteiger partial charge in [-0.25, -0.2) is 0 Å². The summed E-state index contributed by atoms with van der Waals surface area (Å²) in [7, 11) is 3.81. The molecular weight excluding hydrogens is 260 g/mol. The molecule has 21 heavy (non-hydrogen) atoms. The van der Waals surface area contributed by atoms with Crippen LogP contribution in [0.5, 0.6) is 0 Å². The molecule has 3 nitrogen and oxygen atoms in total. The van der Waals surface area contributed by atoms with Gasteiger partial charge in [-0.05, 0) is 26.0 Å². The average molecular weight is 292 g/mol. The summed E-state index contributed by atoms with van der Waals surface area (Å²) in [6, 6.07) is 11.4. The number of methoxy groups -OCH3 is 1. The topological polar surface area (TPSA) is 24.5 Å². The second-order valence-electron chi connectivity index (χ2n) is 6.18. The molecule has 0 aromatic heterocycles. The van der Waals surface area contributed by atoms with Gasteiger partial charge in [-0.15, -0.1) is 0 Å². The molecule has 2 atom stereocenters. The maximum absolute atomic E-state index is 5.29. The molecule has 0 heterocycles. The van der Waals surface area contributed by atoms with Gasteiger partial charge in [-0.1, -0.05) is 44.2 Å². The number of benzene rings is 1. The Labute approximate surface area is 130 Å². The summed E-state index contributed by atoms with van der Waals surface area (Å²) in [6.45, 7) is 10.7. The first-order valence-electron chi connectivity index (χ1n) is 8.00. The molecule has 0 bridgehead atoms. The first-order valence-corrected chi connectivity index (χ1v) is 8.00. The van der Waals surface area contributed by atoms with Gasteiger partial charge in [0.1, 0.15) is 0 Å². The standard InChI is InChI=1S/C18H32N2O/c1-6-16(2)20(12-13-21-5)15-18(3,14-19-4)17-10-8-7-9-11-17/h7-11,16,19H,6,12-15H2,1-5H3. The Bertz CT molecular complexity index is 382. The van der Waals surface area contributed by atoms with Gasteiger partial charge >= 0.3 is 0 Å². The number of rotatable bonds is 10. The molecule has 0 spiro atoms. The second-order valence-corrected chi connectivity index (χ2v) is 6.18. The molecule has 1 aromatic rings. The summed E-state index contributed by atoms with van der Waals surface area (Å²) in [4.78, 5) is 2.55. The first-order chi connectivity index (χ1) is 10.1. The van der Waals surface area contributed by atoms with Crippen LogP contribution in [0.25, 0.3) is 0 Å². The van der Waals surface area contributed by atoms with Gasteiger partial charge in [0.25, 0.3) is 0 Å². The minimum absolute atomic E-state index is 0.104. The molecule has 0 aliphatic heterocycles. The Balaban J connectivity index is 2.92. The van der Waals surface area contributed by atoms with Gasteiger partial charge in [0, 0.05) is 38.2 Å². The Morgan fingerprint density at radius 1 is 1.29 bits per heavy atom. The summed E-state index contributed by atoms with van der Waals surface area (Å²) in [6.07, 6.45) is 1.16. The third kappa shape index (κ3) is 5.42. The summed E-state index contributed by atoms with van der Waals surface area (Å²) < 4.78 is 5.29. The predicted octanol–water partition coefficient (Wildman–Crippen LogP) is 2.91. The van der Waals surface area contributed by atoms with Crippen molar-refractivity contribution in [2.45, 2.75) is 38.6 Å². The number of nitrogens with zero attached hydrogens (tertiary/aromatic N) is 1. The highest BCUT2D eigenvalue weighted by Gasteiger charge is 2.29. The second kappa shape index (κ2) is 9.19. The SMILES string of the molecule is CCC(C)N(CCOC)CC(C)(CNC)c1ccccc1. The zero-order valence-corrected chi connectivity index (χ0v) is 14.4. The monoisotopic (exact) mass is 292 g/mol.